The summed E-state index contributed by atoms with van der Waals surface area (Å²) in [6.45, 7) is -0.993. The summed E-state index contributed by atoms with van der Waals surface area (Å²) in [7, 11) is 1.67. The Morgan fingerprint density at radius 1 is 0.305 bits per heavy atom. The van der Waals surface area contributed by atoms with Crippen molar-refractivity contribution >= 4 is 57.6 Å². The third-order valence-electron chi connectivity index (χ3n) is 27.9. The van der Waals surface area contributed by atoms with Crippen LogP contribution in [0.15, 0.2) is 207 Å². The Balaban J connectivity index is 0.000000142. The molecule has 740 valence electrons. The highest BCUT2D eigenvalue weighted by molar-refractivity contribution is 7.10. The molecule has 0 atom stereocenters. The van der Waals surface area contributed by atoms with Gasteiger partial charge in [-0.15, -0.1) is 11.3 Å². The number of aliphatic hydroxyl groups excluding tert-OH is 6. The number of carbonyl (C=O) groups is 6. The van der Waals surface area contributed by atoms with E-state index in [0.29, 0.717) is 109 Å². The topological polar surface area (TPSA) is 406 Å². The summed E-state index contributed by atoms with van der Waals surface area (Å²) >= 11 is 7.98. The number of methoxy groups -OCH3 is 1. The molecular formula is C108H117ClF4N12O15S. The molecule has 0 unspecified atom stereocenters. The van der Waals surface area contributed by atoms with Crippen molar-refractivity contribution < 1.29 is 91.2 Å². The Bertz CT molecular complexity index is 5930. The van der Waals surface area contributed by atoms with Crippen LogP contribution in [0, 0.1) is 23.3 Å². The highest BCUT2D eigenvalue weighted by atomic mass is 35.5. The highest BCUT2D eigenvalue weighted by Gasteiger charge is 2.43. The lowest BCUT2D eigenvalue weighted by molar-refractivity contribution is 0.0490. The Labute approximate surface area is 825 Å². The van der Waals surface area contributed by atoms with E-state index in [0.717, 1.165) is 129 Å². The van der Waals surface area contributed by atoms with E-state index in [9.17, 15) is 46.3 Å². The van der Waals surface area contributed by atoms with Crippen LogP contribution >= 0.6 is 22.9 Å². The van der Waals surface area contributed by atoms with E-state index in [-0.39, 0.29) is 61.6 Å². The van der Waals surface area contributed by atoms with Gasteiger partial charge in [0.2, 0.25) is 0 Å². The lowest BCUT2D eigenvalue weighted by Gasteiger charge is -2.37. The molecule has 9 heterocycles. The van der Waals surface area contributed by atoms with Crippen LogP contribution in [0.4, 0.5) is 17.6 Å². The van der Waals surface area contributed by atoms with Crippen LogP contribution in [0.2, 0.25) is 5.02 Å². The number of Topliss-reactive ketones (excluding diaryl/α,β-unsaturated/α-hetero) is 6. The van der Waals surface area contributed by atoms with Crippen LogP contribution in [-0.2, 0) is 80.5 Å². The first-order valence-electron chi connectivity index (χ1n) is 47.6. The van der Waals surface area contributed by atoms with Crippen molar-refractivity contribution in [2.75, 3.05) is 73.2 Å². The van der Waals surface area contributed by atoms with Gasteiger partial charge >= 0.3 is 0 Å². The van der Waals surface area contributed by atoms with Crippen LogP contribution in [0.25, 0.3) is 0 Å². The summed E-state index contributed by atoms with van der Waals surface area (Å²) in [4.78, 5) is 122. The first kappa shape index (κ1) is 106. The van der Waals surface area contributed by atoms with E-state index in [4.69, 9.17) is 56.5 Å². The van der Waals surface area contributed by atoms with Crippen molar-refractivity contribution in [2.24, 2.45) is 0 Å². The van der Waals surface area contributed by atoms with Gasteiger partial charge in [-0.1, -0.05) is 124 Å². The predicted molar refractivity (Wildman–Crippen MR) is 519 cm³/mol. The van der Waals surface area contributed by atoms with E-state index in [2.05, 4.69) is 95.5 Å². The van der Waals surface area contributed by atoms with Gasteiger partial charge in [0, 0.05) is 188 Å². The molecule has 27 nitrogen and oxygen atoms in total. The summed E-state index contributed by atoms with van der Waals surface area (Å²) < 4.78 is 70.4. The molecular weight excluding hydrogens is 1850 g/mol. The molecule has 0 bridgehead atoms. The maximum atomic E-state index is 13.7. The second-order valence-electron chi connectivity index (χ2n) is 36.9. The SMILES string of the molecule is COc1ccc(C2(Cc3ncc(C(=O)CO)cn3)CCCC2)cc1.O=C(CO)c1cnc(CC2(c3cc(F)cc(F)c3)CCOCC2)nc1.O=C(CO)c1cnc(CC2(c3ccc(F)cc3)CCOCC2)nc1.O=C(CO)c1cnc(CC2(c3cccc(Cl)c3)CCCC2)nc1.O=C(CO)c1cnc(CC2(c3cccc(F)c3)CCCC2)nc1.O=C(CO)c1cnc(CC2(c3cccs3)CCCCC2)nc1. The van der Waals surface area contributed by atoms with Gasteiger partial charge in [-0.25, -0.2) is 77.4 Å². The molecule has 4 aliphatic carbocycles. The van der Waals surface area contributed by atoms with Crippen LogP contribution in [0.1, 0.15) is 265 Å². The largest absolute Gasteiger partial charge is 0.497 e. The fourth-order valence-electron chi connectivity index (χ4n) is 20.0. The molecule has 2 saturated heterocycles. The Morgan fingerprint density at radius 3 is 0.887 bits per heavy atom. The van der Waals surface area contributed by atoms with Crippen LogP contribution < -0.4 is 4.74 Å². The maximum absolute atomic E-state index is 13.7. The predicted octanol–water partition coefficient (Wildman–Crippen LogP) is 16.4. The number of ether oxygens (including phenoxy) is 3. The normalized spacial score (nSPS) is 16.6. The summed E-state index contributed by atoms with van der Waals surface area (Å²) in [6, 6.07) is 37.5. The smallest absolute Gasteiger partial charge is 0.191 e. The van der Waals surface area contributed by atoms with Gasteiger partial charge < -0.3 is 44.8 Å². The van der Waals surface area contributed by atoms with Crippen LogP contribution in [-0.4, -0.2) is 198 Å². The van der Waals surface area contributed by atoms with E-state index in [1.54, 1.807) is 19.2 Å². The average Bonchev–Trinajstić information content (AvgIpc) is 0.923. The molecule has 0 spiro atoms. The fraction of sp³-hybridized carbons (Fsp3) is 0.407. The number of rotatable bonds is 31. The number of thiophene rings is 1. The molecule has 6 fully saturated rings. The van der Waals surface area contributed by atoms with E-state index < -0.39 is 74.0 Å². The number of ketones is 6. The third-order valence-corrected chi connectivity index (χ3v) is 29.3. The molecule has 2 aliphatic heterocycles. The standard InChI is InChI=1S/C19H22N2O3.C18H19ClN2O2.C18H18F2N2O3.C18H19FN2O3.C18H19FN2O2.C17H20N2O2S/c1-24-16-6-4-15(5-7-16)19(8-2-3-9-19)10-18-20-11-14(12-21-18)17(23)13-22;19-15-5-3-4-14(8-15)18(6-1-2-7-18)9-17-20-10-13(11-21-17)16(23)12-22;19-14-5-13(6-15(20)7-14)18(1-3-25-4-2-18)8-17-21-9-12(10-22-17)16(24)11-23;19-15-3-1-14(2-4-15)18(5-7-24-8-6-18)9-17-20-10-13(11-21-17)16(23)12-22;19-15-5-3-4-14(8-15)18(6-1-2-7-18)9-17-20-10-13(11-21-17)16(23)12-22;20-12-14(21)13-10-18-16(19-11-13)9-17(6-2-1-3-7-17)15-5-4-8-22-15/h4-7,11-12,22H,2-3,8-10,13H2,1H3;3-5,8,10-11,22H,1-2,6-7,9,12H2;5-7,9-10,23H,1-4,8,11H2;1-4,10-11,22H,5-9,12H2;3-5,8,10-11,22H,1-2,6-7,9,12H2;4-5,8,10-11,20H,1-3,6-7,9,12H2. The van der Waals surface area contributed by atoms with Crippen molar-refractivity contribution in [3.63, 3.8) is 0 Å². The minimum Gasteiger partial charge on any atom is -0.497 e. The molecule has 0 radical (unpaired) electrons. The second kappa shape index (κ2) is 51.0. The quantitative estimate of drug-likeness (QED) is 0.0174. The van der Waals surface area contributed by atoms with Gasteiger partial charge in [-0.2, -0.15) is 0 Å². The highest BCUT2D eigenvalue weighted by Crippen LogP contribution is 2.49. The van der Waals surface area contributed by atoms with Gasteiger partial charge in [0.25, 0.3) is 0 Å². The summed E-state index contributed by atoms with van der Waals surface area (Å²) in [5.41, 5.74) is 6.40. The fourth-order valence-corrected chi connectivity index (χ4v) is 21.2. The van der Waals surface area contributed by atoms with Gasteiger partial charge in [-0.3, -0.25) is 28.8 Å². The summed E-state index contributed by atoms with van der Waals surface area (Å²) in [5, 5.41) is 56.2. The number of nitrogens with zero attached hydrogens (tertiary/aromatic N) is 12. The van der Waals surface area contributed by atoms with Gasteiger partial charge in [-0.05, 0) is 177 Å². The molecule has 0 amide bonds. The number of aliphatic hydroxyl groups is 6. The molecule has 33 heteroatoms. The third kappa shape index (κ3) is 28.2. The first-order valence-corrected chi connectivity index (χ1v) is 48.9. The first-order chi connectivity index (χ1) is 68.3. The minimum absolute atomic E-state index is 0.0212. The van der Waals surface area contributed by atoms with E-state index >= 15 is 0 Å². The Morgan fingerprint density at radius 2 is 0.582 bits per heavy atom. The van der Waals surface area contributed by atoms with Gasteiger partial charge in [0.15, 0.2) is 34.7 Å². The molecule has 4 saturated carbocycles. The van der Waals surface area contributed by atoms with Gasteiger partial charge in [0.05, 0.1) is 40.5 Å². The van der Waals surface area contributed by atoms with Crippen molar-refractivity contribution in [1.82, 2.24) is 59.8 Å². The van der Waals surface area contributed by atoms with E-state index in [1.165, 1.54) is 178 Å². The number of halogens is 5. The molecule has 6 N–H and O–H groups in total. The van der Waals surface area contributed by atoms with Crippen LogP contribution in [0.3, 0.4) is 0 Å². The monoisotopic (exact) mass is 1960 g/mol. The maximum Gasteiger partial charge on any atom is 0.191 e. The number of aromatic nitrogens is 12. The van der Waals surface area contributed by atoms with Gasteiger partial charge in [0.1, 0.15) is 104 Å². The number of hydrogen-bond donors (Lipinski definition) is 6. The molecule has 141 heavy (non-hydrogen) atoms. The lowest BCUT2D eigenvalue weighted by Crippen LogP contribution is -2.36. The zero-order valence-electron chi connectivity index (χ0n) is 78.8. The molecule has 12 aromatic rings. The van der Waals surface area contributed by atoms with Crippen molar-refractivity contribution in [3.05, 3.63) is 336 Å². The average molecular weight is 1970 g/mol. The number of benzene rings is 5. The molecule has 5 aromatic carbocycles. The van der Waals surface area contributed by atoms with Crippen molar-refractivity contribution in [3.8, 4) is 5.75 Å². The Hall–Kier alpha value is -12.2. The molecule has 7 aromatic heterocycles. The zero-order chi connectivity index (χ0) is 99.8. The minimum atomic E-state index is -0.620. The summed E-state index contributed by atoms with van der Waals surface area (Å²) in [5.74, 6) is 0.814. The molecule has 18 rings (SSSR count). The zero-order valence-corrected chi connectivity index (χ0v) is 80.4. The van der Waals surface area contributed by atoms with Crippen molar-refractivity contribution in [2.45, 2.75) is 206 Å². The number of carbonyl (C=O) groups excluding carboxylic acids is 6. The van der Waals surface area contributed by atoms with Crippen molar-refractivity contribution in [1.29, 1.82) is 0 Å². The second-order valence-corrected chi connectivity index (χ2v) is 38.2. The van der Waals surface area contributed by atoms with Crippen LogP contribution in [0.5, 0.6) is 5.75 Å². The Kier molecular flexibility index (Phi) is 38.3. The number of hydrogen-bond acceptors (Lipinski definition) is 28. The lowest BCUT2D eigenvalue weighted by atomic mass is 9.70. The summed E-state index contributed by atoms with van der Waals surface area (Å²) in [6.07, 6.45) is 43.8. The van der Waals surface area contributed by atoms with E-state index in [1.807, 2.05) is 59.9 Å². The molecule has 6 aliphatic rings.